The highest BCUT2D eigenvalue weighted by Crippen LogP contribution is 2.54. The van der Waals surface area contributed by atoms with Crippen LogP contribution < -0.4 is 25.8 Å². The summed E-state index contributed by atoms with van der Waals surface area (Å²) in [5.41, 5.74) is 7.83. The number of hydrogen-bond donors (Lipinski definition) is 3. The van der Waals surface area contributed by atoms with Gasteiger partial charge in [0, 0.05) is 23.7 Å². The van der Waals surface area contributed by atoms with Crippen LogP contribution in [0.1, 0.15) is 35.1 Å². The van der Waals surface area contributed by atoms with Crippen LogP contribution in [0.2, 0.25) is 0 Å². The zero-order valence-corrected chi connectivity index (χ0v) is 19.9. The van der Waals surface area contributed by atoms with Crippen LogP contribution in [-0.2, 0) is 31.3 Å². The second kappa shape index (κ2) is 7.79. The molecule has 4 unspecified atom stereocenters. The highest BCUT2D eigenvalue weighted by atomic mass is 16.7. The van der Waals surface area contributed by atoms with Gasteiger partial charge in [0.1, 0.15) is 5.54 Å². The number of anilines is 1. The zero-order valence-electron chi connectivity index (χ0n) is 19.9. The molecule has 2 saturated heterocycles. The molecule has 4 heterocycles. The number of rotatable bonds is 5. The quantitative estimate of drug-likeness (QED) is 0.536. The number of nitrogens with one attached hydrogen (secondary N) is 2. The van der Waals surface area contributed by atoms with Crippen LogP contribution >= 0.6 is 0 Å². The van der Waals surface area contributed by atoms with E-state index in [2.05, 4.69) is 10.6 Å². The van der Waals surface area contributed by atoms with Crippen LogP contribution in [-0.4, -0.2) is 41.4 Å². The van der Waals surface area contributed by atoms with E-state index in [1.807, 2.05) is 26.0 Å². The van der Waals surface area contributed by atoms with Gasteiger partial charge in [-0.2, -0.15) is 0 Å². The van der Waals surface area contributed by atoms with Gasteiger partial charge < -0.3 is 20.5 Å². The number of nitrogens with two attached hydrogens (primary N) is 1. The SMILES string of the molecule is Cc1cc(C)c2c(c1)C1(NC(CCC(N)=O)C3C(=O)N(Cc4ccc5c(c4)OCO5)C(=O)C31)C(=O)N2. The summed E-state index contributed by atoms with van der Waals surface area (Å²) in [6.07, 6.45) is 0.268. The Kier molecular flexibility index (Phi) is 4.88. The van der Waals surface area contributed by atoms with Crippen molar-refractivity contribution in [2.45, 2.75) is 44.8 Å². The maximum Gasteiger partial charge on any atom is 0.250 e. The Morgan fingerprint density at radius 3 is 2.67 bits per heavy atom. The maximum atomic E-state index is 13.9. The van der Waals surface area contributed by atoms with E-state index in [0.717, 1.165) is 11.1 Å². The first-order valence-corrected chi connectivity index (χ1v) is 11.9. The molecule has 0 bridgehead atoms. The second-order valence-electron chi connectivity index (χ2n) is 9.98. The van der Waals surface area contributed by atoms with Crippen molar-refractivity contribution in [1.82, 2.24) is 10.2 Å². The molecular formula is C26H26N4O6. The molecule has 2 fully saturated rings. The van der Waals surface area contributed by atoms with E-state index >= 15 is 0 Å². The molecule has 36 heavy (non-hydrogen) atoms. The molecule has 4 N–H and O–H groups in total. The maximum absolute atomic E-state index is 13.9. The summed E-state index contributed by atoms with van der Waals surface area (Å²) in [6.45, 7) is 3.99. The third kappa shape index (κ3) is 3.07. The van der Waals surface area contributed by atoms with Crippen molar-refractivity contribution in [2.24, 2.45) is 17.6 Å². The van der Waals surface area contributed by atoms with Gasteiger partial charge in [-0.15, -0.1) is 0 Å². The number of amides is 4. The molecule has 0 saturated carbocycles. The zero-order chi connectivity index (χ0) is 25.4. The van der Waals surface area contributed by atoms with E-state index in [0.29, 0.717) is 28.3 Å². The average Bonchev–Trinajstić information content (AvgIpc) is 3.55. The summed E-state index contributed by atoms with van der Waals surface area (Å²) in [6, 6.07) is 8.56. The number of benzene rings is 2. The van der Waals surface area contributed by atoms with Crippen molar-refractivity contribution in [3.05, 3.63) is 52.6 Å². The van der Waals surface area contributed by atoms with E-state index in [1.165, 1.54) is 4.90 Å². The van der Waals surface area contributed by atoms with Crippen LogP contribution in [0.4, 0.5) is 5.69 Å². The highest BCUT2D eigenvalue weighted by molar-refractivity contribution is 6.15. The number of fused-ring (bicyclic) bond motifs is 5. The molecule has 10 nitrogen and oxygen atoms in total. The molecule has 10 heteroatoms. The molecule has 2 aromatic rings. The topological polar surface area (TPSA) is 140 Å². The number of hydrogen-bond acceptors (Lipinski definition) is 7. The van der Waals surface area contributed by atoms with E-state index in [9.17, 15) is 19.2 Å². The first kappa shape index (κ1) is 22.5. The number of aryl methyl sites for hydroxylation is 2. The van der Waals surface area contributed by atoms with E-state index < -0.39 is 35.2 Å². The summed E-state index contributed by atoms with van der Waals surface area (Å²) < 4.78 is 10.8. The Morgan fingerprint density at radius 1 is 1.11 bits per heavy atom. The highest BCUT2D eigenvalue weighted by Gasteiger charge is 2.70. The normalized spacial score (nSPS) is 27.6. The van der Waals surface area contributed by atoms with Gasteiger partial charge >= 0.3 is 0 Å². The summed E-state index contributed by atoms with van der Waals surface area (Å²) in [4.78, 5) is 54.1. The molecule has 6 rings (SSSR count). The molecule has 4 aliphatic rings. The summed E-state index contributed by atoms with van der Waals surface area (Å²) in [5, 5.41) is 6.29. The summed E-state index contributed by atoms with van der Waals surface area (Å²) >= 11 is 0. The van der Waals surface area contributed by atoms with Gasteiger partial charge in [0.25, 0.3) is 0 Å². The van der Waals surface area contributed by atoms with Crippen molar-refractivity contribution < 1.29 is 28.7 Å². The number of likely N-dealkylation sites (tertiary alicyclic amines) is 1. The van der Waals surface area contributed by atoms with Crippen molar-refractivity contribution in [2.75, 3.05) is 12.1 Å². The molecule has 4 aliphatic heterocycles. The van der Waals surface area contributed by atoms with Gasteiger partial charge in [-0.3, -0.25) is 29.4 Å². The lowest BCUT2D eigenvalue weighted by molar-refractivity contribution is -0.143. The van der Waals surface area contributed by atoms with E-state index in [1.54, 1.807) is 18.2 Å². The first-order chi connectivity index (χ1) is 17.2. The molecular weight excluding hydrogens is 464 g/mol. The molecule has 186 valence electrons. The van der Waals surface area contributed by atoms with Crippen LogP contribution in [0.15, 0.2) is 30.3 Å². The number of carbonyl (C=O) groups is 4. The largest absolute Gasteiger partial charge is 0.454 e. The third-order valence-electron chi connectivity index (χ3n) is 7.74. The first-order valence-electron chi connectivity index (χ1n) is 11.9. The van der Waals surface area contributed by atoms with Gasteiger partial charge in [0.2, 0.25) is 30.4 Å². The Balaban J connectivity index is 1.42. The number of ether oxygens (including phenoxy) is 2. The Labute approximate surface area is 207 Å². The number of primary amides is 1. The summed E-state index contributed by atoms with van der Waals surface area (Å²) in [5.74, 6) is -2.25. The average molecular weight is 491 g/mol. The number of imide groups is 1. The third-order valence-corrected chi connectivity index (χ3v) is 7.74. The Bertz CT molecular complexity index is 1360. The monoisotopic (exact) mass is 490 g/mol. The smallest absolute Gasteiger partial charge is 0.250 e. The fourth-order valence-electron chi connectivity index (χ4n) is 6.24. The van der Waals surface area contributed by atoms with Crippen LogP contribution in [0, 0.1) is 25.7 Å². The van der Waals surface area contributed by atoms with Crippen LogP contribution in [0.25, 0.3) is 0 Å². The molecule has 0 aromatic heterocycles. The molecule has 2 aromatic carbocycles. The van der Waals surface area contributed by atoms with Crippen LogP contribution in [0.3, 0.4) is 0 Å². The van der Waals surface area contributed by atoms with E-state index in [4.69, 9.17) is 15.2 Å². The van der Waals surface area contributed by atoms with E-state index in [-0.39, 0.29) is 38.0 Å². The minimum absolute atomic E-state index is 0.0297. The predicted molar refractivity (Wildman–Crippen MR) is 127 cm³/mol. The van der Waals surface area contributed by atoms with Gasteiger partial charge in [-0.05, 0) is 43.5 Å². The van der Waals surface area contributed by atoms with Crippen molar-refractivity contribution in [1.29, 1.82) is 0 Å². The number of nitrogens with zero attached hydrogens (tertiary/aromatic N) is 1. The molecule has 1 spiro atoms. The lowest BCUT2D eigenvalue weighted by Crippen LogP contribution is -2.53. The Hall–Kier alpha value is -3.92. The molecule has 0 radical (unpaired) electrons. The van der Waals surface area contributed by atoms with Gasteiger partial charge in [0.15, 0.2) is 11.5 Å². The van der Waals surface area contributed by atoms with Gasteiger partial charge in [-0.1, -0.05) is 23.8 Å². The lowest BCUT2D eigenvalue weighted by Gasteiger charge is -2.30. The minimum atomic E-state index is -1.41. The number of carbonyl (C=O) groups excluding carboxylic acids is 4. The van der Waals surface area contributed by atoms with Gasteiger partial charge in [0.05, 0.1) is 18.4 Å². The van der Waals surface area contributed by atoms with Crippen molar-refractivity contribution >= 4 is 29.3 Å². The second-order valence-corrected chi connectivity index (χ2v) is 9.98. The molecule has 4 amide bonds. The van der Waals surface area contributed by atoms with Crippen molar-refractivity contribution in [3.63, 3.8) is 0 Å². The fourth-order valence-corrected chi connectivity index (χ4v) is 6.24. The fraction of sp³-hybridized carbons (Fsp3) is 0.385. The van der Waals surface area contributed by atoms with Crippen molar-refractivity contribution in [3.8, 4) is 11.5 Å². The minimum Gasteiger partial charge on any atom is -0.454 e. The molecule has 0 aliphatic carbocycles. The Morgan fingerprint density at radius 2 is 1.89 bits per heavy atom. The lowest BCUT2D eigenvalue weighted by atomic mass is 9.75. The summed E-state index contributed by atoms with van der Waals surface area (Å²) in [7, 11) is 0. The van der Waals surface area contributed by atoms with Gasteiger partial charge in [-0.25, -0.2) is 0 Å². The molecule has 4 atom stereocenters. The standard InChI is InChI=1S/C26H26N4O6/c1-12-7-13(2)22-15(8-12)26(25(34)28-22)21-20(16(29-26)4-6-19(27)31)23(32)30(24(21)33)10-14-3-5-17-18(9-14)36-11-35-17/h3,5,7-9,16,20-21,29H,4,6,10-11H2,1-2H3,(H2,27,31)(H,28,34). The van der Waals surface area contributed by atoms with Crippen LogP contribution in [0.5, 0.6) is 11.5 Å². The predicted octanol–water partition coefficient (Wildman–Crippen LogP) is 1.22.